The summed E-state index contributed by atoms with van der Waals surface area (Å²) in [4.78, 5) is 10.1. The van der Waals surface area contributed by atoms with Crippen molar-refractivity contribution in [2.45, 2.75) is 6.92 Å². The van der Waals surface area contributed by atoms with Crippen LogP contribution in [0.1, 0.15) is 12.5 Å². The van der Waals surface area contributed by atoms with Crippen LogP contribution < -0.4 is 10.5 Å². The Morgan fingerprint density at radius 1 is 1.59 bits per heavy atom. The molecule has 0 saturated carbocycles. The number of nitrogens with zero attached hydrogens (tertiary/aromatic N) is 2. The lowest BCUT2D eigenvalue weighted by Crippen LogP contribution is -2.01. The minimum absolute atomic E-state index is 0.112. The van der Waals surface area contributed by atoms with Crippen molar-refractivity contribution in [3.8, 4) is 11.8 Å². The van der Waals surface area contributed by atoms with Crippen LogP contribution in [0.3, 0.4) is 0 Å². The second kappa shape index (κ2) is 4.99. The van der Waals surface area contributed by atoms with Crippen LogP contribution >= 0.6 is 0 Å². The quantitative estimate of drug-likeness (QED) is 0.487. The van der Waals surface area contributed by atoms with Crippen LogP contribution in [0, 0.1) is 21.4 Å². The van der Waals surface area contributed by atoms with E-state index >= 15 is 0 Å². The number of benzene rings is 1. The van der Waals surface area contributed by atoms with Crippen LogP contribution in [0.4, 0.5) is 5.69 Å². The van der Waals surface area contributed by atoms with E-state index < -0.39 is 4.92 Å². The van der Waals surface area contributed by atoms with Gasteiger partial charge < -0.3 is 10.5 Å². The lowest BCUT2D eigenvalue weighted by Gasteiger charge is -2.06. The Balaban J connectivity index is 3.34. The van der Waals surface area contributed by atoms with Crippen LogP contribution in [0.15, 0.2) is 23.8 Å². The molecular weight excluding hydrogens is 222 g/mol. The van der Waals surface area contributed by atoms with Crippen molar-refractivity contribution in [3.05, 3.63) is 39.4 Å². The van der Waals surface area contributed by atoms with E-state index in [1.807, 2.05) is 6.07 Å². The summed E-state index contributed by atoms with van der Waals surface area (Å²) < 4.78 is 4.91. The predicted molar refractivity (Wildman–Crippen MR) is 62.0 cm³/mol. The van der Waals surface area contributed by atoms with Gasteiger partial charge in [0.1, 0.15) is 0 Å². The van der Waals surface area contributed by atoms with Gasteiger partial charge in [-0.3, -0.25) is 10.1 Å². The Labute approximate surface area is 98.1 Å². The zero-order valence-electron chi connectivity index (χ0n) is 9.43. The summed E-state index contributed by atoms with van der Waals surface area (Å²) >= 11 is 0. The molecule has 0 aliphatic heterocycles. The second-order valence-electron chi connectivity index (χ2n) is 3.29. The molecular formula is C11H11N3O3. The van der Waals surface area contributed by atoms with E-state index in [2.05, 4.69) is 0 Å². The standard InChI is InChI=1S/C11H11N3O3/c1-7(6-12)11(13)8-3-4-9(14(15)16)10(5-8)17-2/h3-5H,13H2,1-2H3/b11-7+. The van der Waals surface area contributed by atoms with Crippen molar-refractivity contribution in [1.29, 1.82) is 5.26 Å². The molecule has 0 spiro atoms. The van der Waals surface area contributed by atoms with E-state index in [0.717, 1.165) is 0 Å². The maximum atomic E-state index is 10.7. The molecule has 6 nitrogen and oxygen atoms in total. The minimum Gasteiger partial charge on any atom is -0.490 e. The molecule has 0 radical (unpaired) electrons. The molecule has 0 aliphatic rings. The highest BCUT2D eigenvalue weighted by molar-refractivity contribution is 5.71. The molecule has 0 aromatic heterocycles. The van der Waals surface area contributed by atoms with E-state index in [-0.39, 0.29) is 17.1 Å². The van der Waals surface area contributed by atoms with Crippen LogP contribution in [0.25, 0.3) is 5.70 Å². The fraction of sp³-hybridized carbons (Fsp3) is 0.182. The normalized spacial score (nSPS) is 11.4. The maximum Gasteiger partial charge on any atom is 0.310 e. The average molecular weight is 233 g/mol. The molecule has 6 heteroatoms. The second-order valence-corrected chi connectivity index (χ2v) is 3.29. The van der Waals surface area contributed by atoms with E-state index in [9.17, 15) is 10.1 Å². The Morgan fingerprint density at radius 3 is 2.71 bits per heavy atom. The average Bonchev–Trinajstić information content (AvgIpc) is 2.35. The lowest BCUT2D eigenvalue weighted by atomic mass is 10.1. The Kier molecular flexibility index (Phi) is 3.67. The molecule has 0 bridgehead atoms. The van der Waals surface area contributed by atoms with Crippen molar-refractivity contribution in [1.82, 2.24) is 0 Å². The molecule has 1 rings (SSSR count). The van der Waals surface area contributed by atoms with E-state index in [0.29, 0.717) is 11.1 Å². The first kappa shape index (κ1) is 12.5. The zero-order chi connectivity index (χ0) is 13.0. The van der Waals surface area contributed by atoms with Crippen molar-refractivity contribution in [3.63, 3.8) is 0 Å². The fourth-order valence-electron chi connectivity index (χ4n) is 1.27. The predicted octanol–water partition coefficient (Wildman–Crippen LogP) is 1.82. The molecule has 0 fully saturated rings. The minimum atomic E-state index is -0.542. The molecule has 0 unspecified atom stereocenters. The molecule has 2 N–H and O–H groups in total. The summed E-state index contributed by atoms with van der Waals surface area (Å²) in [5.74, 6) is 0.112. The van der Waals surface area contributed by atoms with Gasteiger partial charge >= 0.3 is 5.69 Å². The van der Waals surface area contributed by atoms with Crippen LogP contribution in [-0.4, -0.2) is 12.0 Å². The van der Waals surface area contributed by atoms with Crippen molar-refractivity contribution >= 4 is 11.4 Å². The highest BCUT2D eigenvalue weighted by Crippen LogP contribution is 2.29. The molecule has 88 valence electrons. The number of nitro benzene ring substituents is 1. The third-order valence-corrected chi connectivity index (χ3v) is 2.26. The zero-order valence-corrected chi connectivity index (χ0v) is 9.43. The SMILES string of the molecule is COc1cc(/C(N)=C(/C)C#N)ccc1[N+](=O)[O-]. The number of methoxy groups -OCH3 is 1. The van der Waals surface area contributed by atoms with E-state index in [1.165, 1.54) is 25.3 Å². The summed E-state index contributed by atoms with van der Waals surface area (Å²) in [5, 5.41) is 19.4. The Hall–Kier alpha value is -2.55. The Bertz CT molecular complexity index is 529. The molecule has 1 aromatic rings. The van der Waals surface area contributed by atoms with Crippen LogP contribution in [0.2, 0.25) is 0 Å². The summed E-state index contributed by atoms with van der Waals surface area (Å²) in [6.45, 7) is 1.57. The fourth-order valence-corrected chi connectivity index (χ4v) is 1.27. The summed E-state index contributed by atoms with van der Waals surface area (Å²) in [6, 6.07) is 6.14. The number of allylic oxidation sites excluding steroid dienone is 1. The largest absolute Gasteiger partial charge is 0.490 e. The van der Waals surface area contributed by atoms with Gasteiger partial charge in [0.2, 0.25) is 0 Å². The summed E-state index contributed by atoms with van der Waals surface area (Å²) in [7, 11) is 1.34. The molecule has 0 atom stereocenters. The van der Waals surface area contributed by atoms with Crippen LogP contribution in [0.5, 0.6) is 5.75 Å². The third kappa shape index (κ3) is 2.52. The van der Waals surface area contributed by atoms with Gasteiger partial charge in [0, 0.05) is 17.2 Å². The highest BCUT2D eigenvalue weighted by atomic mass is 16.6. The smallest absolute Gasteiger partial charge is 0.310 e. The monoisotopic (exact) mass is 233 g/mol. The van der Waals surface area contributed by atoms with Crippen molar-refractivity contribution in [2.75, 3.05) is 7.11 Å². The first-order chi connectivity index (χ1) is 8.01. The van der Waals surface area contributed by atoms with Gasteiger partial charge in [-0.05, 0) is 19.1 Å². The van der Waals surface area contributed by atoms with Gasteiger partial charge in [-0.15, -0.1) is 0 Å². The van der Waals surface area contributed by atoms with E-state index in [1.54, 1.807) is 6.92 Å². The molecule has 1 aromatic carbocycles. The molecule has 17 heavy (non-hydrogen) atoms. The molecule has 0 amide bonds. The van der Waals surface area contributed by atoms with Crippen LogP contribution in [-0.2, 0) is 0 Å². The van der Waals surface area contributed by atoms with Crippen molar-refractivity contribution in [2.24, 2.45) is 5.73 Å². The number of nitriles is 1. The third-order valence-electron chi connectivity index (χ3n) is 2.26. The van der Waals surface area contributed by atoms with E-state index in [4.69, 9.17) is 15.7 Å². The molecule has 0 aliphatic carbocycles. The first-order valence-corrected chi connectivity index (χ1v) is 4.70. The van der Waals surface area contributed by atoms with Crippen molar-refractivity contribution < 1.29 is 9.66 Å². The highest BCUT2D eigenvalue weighted by Gasteiger charge is 2.15. The number of nitrogens with two attached hydrogens (primary N) is 1. The molecule has 0 saturated heterocycles. The van der Waals surface area contributed by atoms with Gasteiger partial charge in [0.15, 0.2) is 5.75 Å². The number of ether oxygens (including phenoxy) is 1. The lowest BCUT2D eigenvalue weighted by molar-refractivity contribution is -0.385. The van der Waals surface area contributed by atoms with Gasteiger partial charge in [-0.1, -0.05) is 0 Å². The van der Waals surface area contributed by atoms with Gasteiger partial charge in [-0.25, -0.2) is 0 Å². The summed E-state index contributed by atoms with van der Waals surface area (Å²) in [5.41, 5.74) is 6.74. The molecule has 0 heterocycles. The van der Waals surface area contributed by atoms with Gasteiger partial charge in [0.05, 0.1) is 23.8 Å². The topological polar surface area (TPSA) is 102 Å². The van der Waals surface area contributed by atoms with Gasteiger partial charge in [-0.2, -0.15) is 5.26 Å². The maximum absolute atomic E-state index is 10.7. The number of hydrogen-bond acceptors (Lipinski definition) is 5. The summed E-state index contributed by atoms with van der Waals surface area (Å²) in [6.07, 6.45) is 0. The Morgan fingerprint density at radius 2 is 2.24 bits per heavy atom. The number of hydrogen-bond donors (Lipinski definition) is 1. The first-order valence-electron chi connectivity index (χ1n) is 4.70. The van der Waals surface area contributed by atoms with Gasteiger partial charge in [0.25, 0.3) is 0 Å². The number of nitro groups is 1. The number of rotatable bonds is 3.